The topological polar surface area (TPSA) is 59.8 Å². The molecule has 3 aromatic rings. The third-order valence-corrected chi connectivity index (χ3v) is 4.98. The minimum atomic E-state index is -0.690. The van der Waals surface area contributed by atoms with Crippen LogP contribution in [0.4, 0.5) is 14.5 Å². The molecule has 3 rings (SSSR count). The van der Waals surface area contributed by atoms with E-state index < -0.39 is 22.8 Å². The van der Waals surface area contributed by atoms with Gasteiger partial charge in [-0.3, -0.25) is 4.79 Å². The summed E-state index contributed by atoms with van der Waals surface area (Å²) < 4.78 is 28.9. The molecule has 27 heavy (non-hydrogen) atoms. The van der Waals surface area contributed by atoms with Crippen molar-refractivity contribution >= 4 is 23.4 Å². The Kier molecular flexibility index (Phi) is 5.85. The predicted octanol–water partition coefficient (Wildman–Crippen LogP) is 4.36. The van der Waals surface area contributed by atoms with Crippen LogP contribution in [-0.2, 0) is 11.3 Å². The third kappa shape index (κ3) is 4.33. The molecule has 1 aromatic heterocycles. The van der Waals surface area contributed by atoms with E-state index in [2.05, 4.69) is 15.5 Å². The first-order chi connectivity index (χ1) is 13.0. The Morgan fingerprint density at radius 1 is 1.19 bits per heavy atom. The molecule has 0 aliphatic carbocycles. The second-order valence-corrected chi connectivity index (χ2v) is 7.10. The maximum atomic E-state index is 13.7. The van der Waals surface area contributed by atoms with Gasteiger partial charge in [-0.2, -0.15) is 0 Å². The Morgan fingerprint density at radius 2 is 1.93 bits per heavy atom. The number of anilines is 1. The molecule has 1 atom stereocenters. The van der Waals surface area contributed by atoms with Gasteiger partial charge in [-0.05, 0) is 26.0 Å². The van der Waals surface area contributed by atoms with Crippen LogP contribution < -0.4 is 5.32 Å². The molecule has 0 spiro atoms. The van der Waals surface area contributed by atoms with Crippen LogP contribution >= 0.6 is 11.8 Å². The van der Waals surface area contributed by atoms with E-state index >= 15 is 0 Å². The van der Waals surface area contributed by atoms with Crippen molar-refractivity contribution in [1.82, 2.24) is 14.8 Å². The number of thioether (sulfide) groups is 1. The number of amides is 1. The molecule has 0 aliphatic rings. The Hall–Kier alpha value is -2.74. The second-order valence-electron chi connectivity index (χ2n) is 5.79. The summed E-state index contributed by atoms with van der Waals surface area (Å²) in [7, 11) is 0. The van der Waals surface area contributed by atoms with Crippen LogP contribution in [0.25, 0.3) is 11.4 Å². The maximum absolute atomic E-state index is 13.7. The van der Waals surface area contributed by atoms with Gasteiger partial charge >= 0.3 is 0 Å². The van der Waals surface area contributed by atoms with Gasteiger partial charge < -0.3 is 9.88 Å². The first kappa shape index (κ1) is 19.0. The molecular formula is C19H18F2N4OS. The van der Waals surface area contributed by atoms with E-state index in [1.54, 1.807) is 6.92 Å². The summed E-state index contributed by atoms with van der Waals surface area (Å²) in [5, 5.41) is 10.8. The zero-order valence-electron chi connectivity index (χ0n) is 14.8. The fraction of sp³-hybridized carbons (Fsp3) is 0.211. The molecule has 2 aromatic carbocycles. The average Bonchev–Trinajstić information content (AvgIpc) is 3.07. The van der Waals surface area contributed by atoms with Crippen LogP contribution in [0.3, 0.4) is 0 Å². The minimum absolute atomic E-state index is 0.186. The normalized spacial score (nSPS) is 12.0. The van der Waals surface area contributed by atoms with Crippen molar-refractivity contribution in [3.8, 4) is 11.4 Å². The number of nitrogens with one attached hydrogen (secondary N) is 1. The summed E-state index contributed by atoms with van der Waals surface area (Å²) in [6.07, 6.45) is 0. The van der Waals surface area contributed by atoms with Crippen molar-refractivity contribution < 1.29 is 13.6 Å². The zero-order valence-corrected chi connectivity index (χ0v) is 15.6. The van der Waals surface area contributed by atoms with Crippen molar-refractivity contribution in [3.63, 3.8) is 0 Å². The van der Waals surface area contributed by atoms with Gasteiger partial charge in [0.15, 0.2) is 11.0 Å². The highest BCUT2D eigenvalue weighted by atomic mass is 32.2. The fourth-order valence-electron chi connectivity index (χ4n) is 2.50. The number of carbonyl (C=O) groups excluding carboxylic acids is 1. The van der Waals surface area contributed by atoms with E-state index in [1.807, 2.05) is 41.8 Å². The summed E-state index contributed by atoms with van der Waals surface area (Å²) in [6.45, 7) is 4.27. The number of hydrogen-bond donors (Lipinski definition) is 1. The van der Waals surface area contributed by atoms with Gasteiger partial charge in [-0.25, -0.2) is 8.78 Å². The van der Waals surface area contributed by atoms with E-state index in [0.717, 1.165) is 23.8 Å². The van der Waals surface area contributed by atoms with E-state index in [1.165, 1.54) is 11.8 Å². The number of nitrogens with zero attached hydrogens (tertiary/aromatic N) is 3. The molecule has 0 radical (unpaired) electrons. The molecule has 1 heterocycles. The van der Waals surface area contributed by atoms with Gasteiger partial charge in [0, 0.05) is 18.2 Å². The van der Waals surface area contributed by atoms with Gasteiger partial charge in [0.05, 0.1) is 10.9 Å². The van der Waals surface area contributed by atoms with Crippen molar-refractivity contribution in [2.45, 2.75) is 30.8 Å². The van der Waals surface area contributed by atoms with Gasteiger partial charge in [0.2, 0.25) is 5.91 Å². The smallest absolute Gasteiger partial charge is 0.237 e. The Balaban J connectivity index is 1.76. The summed E-state index contributed by atoms with van der Waals surface area (Å²) in [5.74, 6) is -1.05. The number of rotatable bonds is 6. The number of benzene rings is 2. The summed E-state index contributed by atoms with van der Waals surface area (Å²) in [6, 6.07) is 12.6. The Bertz CT molecular complexity index is 946. The van der Waals surface area contributed by atoms with Crippen molar-refractivity contribution in [2.75, 3.05) is 5.32 Å². The third-order valence-electron chi connectivity index (χ3n) is 3.90. The van der Waals surface area contributed by atoms with E-state index in [9.17, 15) is 13.6 Å². The van der Waals surface area contributed by atoms with E-state index in [4.69, 9.17) is 0 Å². The molecular weight excluding hydrogens is 370 g/mol. The highest BCUT2D eigenvalue weighted by Crippen LogP contribution is 2.27. The molecule has 1 amide bonds. The Labute approximate surface area is 159 Å². The number of carbonyl (C=O) groups is 1. The first-order valence-corrected chi connectivity index (χ1v) is 9.28. The molecule has 0 unspecified atom stereocenters. The zero-order chi connectivity index (χ0) is 19.4. The van der Waals surface area contributed by atoms with E-state index in [-0.39, 0.29) is 5.69 Å². The van der Waals surface area contributed by atoms with Crippen LogP contribution in [-0.4, -0.2) is 25.9 Å². The average molecular weight is 388 g/mol. The molecule has 8 heteroatoms. The van der Waals surface area contributed by atoms with E-state index in [0.29, 0.717) is 17.5 Å². The van der Waals surface area contributed by atoms with Crippen molar-refractivity contribution in [2.24, 2.45) is 0 Å². The quantitative estimate of drug-likeness (QED) is 0.638. The number of aromatic nitrogens is 3. The number of halogens is 2. The summed E-state index contributed by atoms with van der Waals surface area (Å²) in [4.78, 5) is 12.4. The van der Waals surface area contributed by atoms with Crippen LogP contribution in [0.1, 0.15) is 13.8 Å². The molecule has 0 aliphatic heterocycles. The van der Waals surface area contributed by atoms with Crippen molar-refractivity contribution in [1.29, 1.82) is 0 Å². The highest BCUT2D eigenvalue weighted by Gasteiger charge is 2.21. The SMILES string of the molecule is CCn1c(S[C@@H](C)C(=O)Nc2cc(F)ccc2F)nnc1-c1ccccc1. The molecule has 0 fully saturated rings. The summed E-state index contributed by atoms with van der Waals surface area (Å²) in [5.41, 5.74) is 0.743. The minimum Gasteiger partial charge on any atom is -0.323 e. The van der Waals surface area contributed by atoms with Gasteiger partial charge in [-0.1, -0.05) is 42.1 Å². The molecule has 0 saturated heterocycles. The lowest BCUT2D eigenvalue weighted by molar-refractivity contribution is -0.115. The molecule has 0 saturated carbocycles. The maximum Gasteiger partial charge on any atom is 0.237 e. The van der Waals surface area contributed by atoms with Gasteiger partial charge in [0.25, 0.3) is 0 Å². The lowest BCUT2D eigenvalue weighted by atomic mass is 10.2. The van der Waals surface area contributed by atoms with Crippen LogP contribution in [0.5, 0.6) is 0 Å². The van der Waals surface area contributed by atoms with Crippen molar-refractivity contribution in [3.05, 3.63) is 60.2 Å². The van der Waals surface area contributed by atoms with Crippen LogP contribution in [0.15, 0.2) is 53.7 Å². The van der Waals surface area contributed by atoms with Crippen LogP contribution in [0.2, 0.25) is 0 Å². The molecule has 1 N–H and O–H groups in total. The van der Waals surface area contributed by atoms with Gasteiger partial charge in [-0.15, -0.1) is 10.2 Å². The second kappa shape index (κ2) is 8.30. The predicted molar refractivity (Wildman–Crippen MR) is 101 cm³/mol. The number of hydrogen-bond acceptors (Lipinski definition) is 4. The highest BCUT2D eigenvalue weighted by molar-refractivity contribution is 8.00. The Morgan fingerprint density at radius 3 is 2.63 bits per heavy atom. The van der Waals surface area contributed by atoms with Crippen LogP contribution in [0, 0.1) is 11.6 Å². The summed E-state index contributed by atoms with van der Waals surface area (Å²) >= 11 is 1.21. The largest absolute Gasteiger partial charge is 0.323 e. The standard InChI is InChI=1S/C19H18F2N4OS/c1-3-25-17(13-7-5-4-6-8-13)23-24-19(25)27-12(2)18(26)22-16-11-14(20)9-10-15(16)21/h4-12H,3H2,1-2H3,(H,22,26)/t12-/m0/s1. The van der Waals surface area contributed by atoms with Gasteiger partial charge in [0.1, 0.15) is 11.6 Å². The molecule has 140 valence electrons. The molecule has 0 bridgehead atoms. The lowest BCUT2D eigenvalue weighted by Gasteiger charge is -2.13. The molecule has 5 nitrogen and oxygen atoms in total. The lowest BCUT2D eigenvalue weighted by Crippen LogP contribution is -2.23. The first-order valence-electron chi connectivity index (χ1n) is 8.40. The monoisotopic (exact) mass is 388 g/mol. The fourth-order valence-corrected chi connectivity index (χ4v) is 3.41.